The average molecular weight is 579 g/mol. The Labute approximate surface area is 272 Å². The molecule has 0 saturated heterocycles. The van der Waals surface area contributed by atoms with Crippen molar-refractivity contribution in [2.24, 2.45) is 0 Å². The molecule has 9 aromatic rings. The lowest BCUT2D eigenvalue weighted by atomic mass is 10.0. The van der Waals surface area contributed by atoms with Gasteiger partial charge in [-0.1, -0.05) is 109 Å². The third-order valence-corrected chi connectivity index (χ3v) is 7.24. The van der Waals surface area contributed by atoms with Gasteiger partial charge in [0.1, 0.15) is 11.2 Å². The molecule has 0 aliphatic rings. The molecule has 0 aliphatic heterocycles. The van der Waals surface area contributed by atoms with Crippen molar-refractivity contribution in [1.82, 2.24) is 19.5 Å². The van der Waals surface area contributed by atoms with Gasteiger partial charge in [0.2, 0.25) is 0 Å². The van der Waals surface area contributed by atoms with Gasteiger partial charge in [0.15, 0.2) is 17.5 Å². The normalized spacial score (nSPS) is 16.1. The minimum Gasteiger partial charge on any atom is -0.456 e. The molecule has 0 fully saturated rings. The lowest BCUT2D eigenvalue weighted by Crippen LogP contribution is -2.00. The molecule has 206 valence electrons. The van der Waals surface area contributed by atoms with Crippen molar-refractivity contribution in [3.8, 4) is 39.9 Å². The summed E-state index contributed by atoms with van der Waals surface area (Å²) in [6, 6.07) is 8.98. The fourth-order valence-electron chi connectivity index (χ4n) is 5.28. The van der Waals surface area contributed by atoms with E-state index >= 15 is 0 Å². The molecular formula is C39H24N4O. The van der Waals surface area contributed by atoms with Gasteiger partial charge in [-0.2, -0.15) is 0 Å². The number of hydrogen-bond donors (Lipinski definition) is 0. The van der Waals surface area contributed by atoms with Crippen LogP contribution in [0.5, 0.6) is 0 Å². The third kappa shape index (κ3) is 3.83. The van der Waals surface area contributed by atoms with E-state index in [9.17, 15) is 4.11 Å². The Morgan fingerprint density at radius 3 is 1.75 bits per heavy atom. The van der Waals surface area contributed by atoms with E-state index in [1.165, 1.54) is 0 Å². The van der Waals surface area contributed by atoms with Crippen molar-refractivity contribution in [2.75, 3.05) is 0 Å². The molecule has 0 amide bonds. The minimum absolute atomic E-state index is 0.102. The van der Waals surface area contributed by atoms with Gasteiger partial charge in [0, 0.05) is 50.0 Å². The first-order valence-electron chi connectivity index (χ1n) is 20.5. The quantitative estimate of drug-likeness (QED) is 0.209. The summed E-state index contributed by atoms with van der Waals surface area (Å²) >= 11 is 0. The topological polar surface area (TPSA) is 56.7 Å². The molecule has 0 aliphatic carbocycles. The summed E-state index contributed by atoms with van der Waals surface area (Å²) in [6.45, 7) is 0. The van der Waals surface area contributed by atoms with Crippen molar-refractivity contribution in [3.63, 3.8) is 0 Å². The van der Waals surface area contributed by atoms with Crippen LogP contribution < -0.4 is 0 Å². The van der Waals surface area contributed by atoms with E-state index in [0.717, 1.165) is 4.57 Å². The molecule has 0 bridgehead atoms. The highest BCUT2D eigenvalue weighted by Crippen LogP contribution is 2.39. The lowest BCUT2D eigenvalue weighted by molar-refractivity contribution is 0.668. The maximum absolute atomic E-state index is 9.52. The monoisotopic (exact) mass is 578 g/mol. The second kappa shape index (κ2) is 9.75. The van der Waals surface area contributed by atoms with Crippen molar-refractivity contribution in [2.45, 2.75) is 0 Å². The molecule has 5 nitrogen and oxygen atoms in total. The summed E-state index contributed by atoms with van der Waals surface area (Å²) in [6.07, 6.45) is 0. The van der Waals surface area contributed by atoms with E-state index in [4.69, 9.17) is 29.5 Å². The molecule has 9 rings (SSSR count). The molecule has 0 unspecified atom stereocenters. The van der Waals surface area contributed by atoms with Crippen LogP contribution in [0.1, 0.15) is 19.2 Å². The van der Waals surface area contributed by atoms with Gasteiger partial charge in [0.25, 0.3) is 0 Å². The standard InChI is InChI=1S/C39H24N4O/c1-3-12-25(13-4-1)37-40-38(26-14-5-2-6-15-26)42-39(41-37)31-18-11-21-34-36(31)30-23-22-27(24-35(30)44-34)43-32-19-9-7-16-28(32)29-17-8-10-20-33(29)43/h1-24H/i7D,8D,9D,10D,11D,16D,17D,18D,19D,20D,21D,22D,23D,24D. The van der Waals surface area contributed by atoms with Crippen LogP contribution in [0, 0.1) is 0 Å². The first-order valence-corrected chi connectivity index (χ1v) is 13.5. The molecule has 5 heteroatoms. The van der Waals surface area contributed by atoms with Crippen molar-refractivity contribution in [3.05, 3.63) is 145 Å². The predicted molar refractivity (Wildman–Crippen MR) is 178 cm³/mol. The average Bonchev–Trinajstić information content (AvgIpc) is 3.81. The maximum atomic E-state index is 9.52. The van der Waals surface area contributed by atoms with E-state index in [2.05, 4.69) is 4.98 Å². The molecule has 6 aromatic carbocycles. The number of benzene rings is 6. The number of para-hydroxylation sites is 2. The second-order valence-corrected chi connectivity index (χ2v) is 9.80. The summed E-state index contributed by atoms with van der Waals surface area (Å²) in [5.74, 6) is 0.305. The van der Waals surface area contributed by atoms with Crippen LogP contribution in [0.15, 0.2) is 150 Å². The SMILES string of the molecule is [2H]c1c([2H])c(-c2nc(-c3ccccc3)nc(-c3ccccc3)n2)c2c(oc3c([2H])c(-n4c5c([2H])c([2H])c([2H])c([2H])c5c5c([2H])c([2H])c([2H])c([2H])c54)c([2H])c([2H])c32)c1[2H]. The van der Waals surface area contributed by atoms with Crippen LogP contribution in [0.3, 0.4) is 0 Å². The fourth-order valence-corrected chi connectivity index (χ4v) is 5.28. The number of hydrogen-bond acceptors (Lipinski definition) is 4. The third-order valence-electron chi connectivity index (χ3n) is 7.24. The van der Waals surface area contributed by atoms with Crippen molar-refractivity contribution >= 4 is 43.7 Å². The Bertz CT molecular complexity index is 3140. The smallest absolute Gasteiger partial charge is 0.164 e. The fraction of sp³-hybridized carbons (Fsp3) is 0. The van der Waals surface area contributed by atoms with Crippen LogP contribution in [-0.4, -0.2) is 19.5 Å². The van der Waals surface area contributed by atoms with E-state index in [0.29, 0.717) is 11.1 Å². The molecule has 0 N–H and O–H groups in total. The Kier molecular flexibility index (Phi) is 3.19. The Hall–Kier alpha value is -6.07. The van der Waals surface area contributed by atoms with Gasteiger partial charge in [-0.3, -0.25) is 0 Å². The van der Waals surface area contributed by atoms with Crippen LogP contribution in [0.4, 0.5) is 0 Å². The summed E-state index contributed by atoms with van der Waals surface area (Å²) in [5, 5.41) is -0.877. The Morgan fingerprint density at radius 2 is 1.11 bits per heavy atom. The highest BCUT2D eigenvalue weighted by Gasteiger charge is 2.19. The van der Waals surface area contributed by atoms with Gasteiger partial charge in [-0.05, 0) is 30.2 Å². The summed E-state index contributed by atoms with van der Waals surface area (Å²) in [7, 11) is 0. The molecule has 44 heavy (non-hydrogen) atoms. The molecule has 3 aromatic heterocycles. The zero-order valence-corrected chi connectivity index (χ0v) is 22.5. The van der Waals surface area contributed by atoms with Crippen LogP contribution in [0.25, 0.3) is 83.6 Å². The zero-order valence-electron chi connectivity index (χ0n) is 36.5. The predicted octanol–water partition coefficient (Wildman–Crippen LogP) is 9.87. The molecule has 0 radical (unpaired) electrons. The van der Waals surface area contributed by atoms with Crippen LogP contribution >= 0.6 is 0 Å². The summed E-state index contributed by atoms with van der Waals surface area (Å²) < 4.78 is 131. The zero-order chi connectivity index (χ0) is 41.2. The second-order valence-electron chi connectivity index (χ2n) is 9.80. The number of aromatic nitrogens is 4. The molecule has 3 heterocycles. The van der Waals surface area contributed by atoms with E-state index < -0.39 is 95.9 Å². The molecule has 0 saturated carbocycles. The van der Waals surface area contributed by atoms with Crippen molar-refractivity contribution in [1.29, 1.82) is 0 Å². The Balaban J connectivity index is 1.45. The largest absolute Gasteiger partial charge is 0.456 e. The van der Waals surface area contributed by atoms with Gasteiger partial charge < -0.3 is 8.98 Å². The van der Waals surface area contributed by atoms with Crippen LogP contribution in [-0.2, 0) is 0 Å². The number of nitrogens with zero attached hydrogens (tertiary/aromatic N) is 4. The lowest BCUT2D eigenvalue weighted by Gasteiger charge is -2.09. The van der Waals surface area contributed by atoms with Gasteiger partial charge >= 0.3 is 0 Å². The summed E-state index contributed by atoms with van der Waals surface area (Å²) in [4.78, 5) is 14.1. The molecule has 0 atom stereocenters. The number of fused-ring (bicyclic) bond motifs is 6. The number of rotatable bonds is 4. The summed E-state index contributed by atoms with van der Waals surface area (Å²) in [5.41, 5.74) is -0.883. The van der Waals surface area contributed by atoms with E-state index in [1.54, 1.807) is 48.5 Å². The van der Waals surface area contributed by atoms with Gasteiger partial charge in [0.05, 0.1) is 30.2 Å². The minimum atomic E-state index is -0.706. The number of furan rings is 1. The molecule has 0 spiro atoms. The van der Waals surface area contributed by atoms with Crippen molar-refractivity contribution < 1.29 is 23.6 Å². The molecular weight excluding hydrogens is 540 g/mol. The van der Waals surface area contributed by atoms with E-state index in [-0.39, 0.29) is 61.2 Å². The highest BCUT2D eigenvalue weighted by molar-refractivity contribution is 6.13. The first-order chi connectivity index (χ1) is 27.6. The van der Waals surface area contributed by atoms with Crippen LogP contribution in [0.2, 0.25) is 0 Å². The Morgan fingerprint density at radius 1 is 0.523 bits per heavy atom. The van der Waals surface area contributed by atoms with E-state index in [1.807, 2.05) is 12.1 Å². The first kappa shape index (κ1) is 14.4. The maximum Gasteiger partial charge on any atom is 0.164 e. The van der Waals surface area contributed by atoms with Gasteiger partial charge in [-0.25, -0.2) is 15.0 Å². The van der Waals surface area contributed by atoms with Gasteiger partial charge in [-0.15, -0.1) is 0 Å². The highest BCUT2D eigenvalue weighted by atomic mass is 16.3.